The molecule has 0 radical (unpaired) electrons. The highest BCUT2D eigenvalue weighted by Crippen LogP contribution is 2.41. The summed E-state index contributed by atoms with van der Waals surface area (Å²) in [4.78, 5) is 21.6. The number of benzene rings is 4. The van der Waals surface area contributed by atoms with E-state index >= 15 is 0 Å². The number of unbranched alkanes of at least 4 members (excludes halogenated alkanes) is 7. The lowest BCUT2D eigenvalue weighted by atomic mass is 9.97. The second-order valence-corrected chi connectivity index (χ2v) is 27.0. The zero-order chi connectivity index (χ0) is 56.3. The normalized spacial score (nSPS) is 15.9. The number of aliphatic imine (C=N–C) groups is 4. The number of hydrogen-bond donors (Lipinski definition) is 0. The number of sulfone groups is 3. The van der Waals surface area contributed by atoms with Crippen molar-refractivity contribution >= 4 is 74.7 Å². The van der Waals surface area contributed by atoms with Crippen LogP contribution in [-0.2, 0) is 29.5 Å². The van der Waals surface area contributed by atoms with E-state index in [-0.39, 0.29) is 37.1 Å². The molecule has 0 N–H and O–H groups in total. The topological polar surface area (TPSA) is 189 Å². The maximum absolute atomic E-state index is 11.9. The van der Waals surface area contributed by atoms with Crippen molar-refractivity contribution < 1.29 is 44.2 Å². The number of allylic oxidation sites excluding steroid dienone is 12. The molecule has 80 heavy (non-hydrogen) atoms. The summed E-state index contributed by atoms with van der Waals surface area (Å²) in [6.07, 6.45) is 28.7. The monoisotopic (exact) mass is 1130 g/mol. The molecule has 0 amide bonds. The van der Waals surface area contributed by atoms with Gasteiger partial charge in [-0.25, -0.2) is 45.2 Å². The number of hydrogen-bond acceptors (Lipinski definition) is 14. The second-order valence-electron chi connectivity index (χ2n) is 20.2. The van der Waals surface area contributed by atoms with Crippen molar-refractivity contribution in [3.63, 3.8) is 0 Å². The predicted molar refractivity (Wildman–Crippen MR) is 323 cm³/mol. The molecule has 17 heteroatoms. The summed E-state index contributed by atoms with van der Waals surface area (Å²) in [7, 11) is -9.70. The molecular formula is C63H66N4O10S3. The zero-order valence-electron chi connectivity index (χ0n) is 45.6. The van der Waals surface area contributed by atoms with Gasteiger partial charge in [-0.2, -0.15) is 0 Å². The summed E-state index contributed by atoms with van der Waals surface area (Å²) in [6, 6.07) is 30.3. The molecule has 0 spiro atoms. The average molecular weight is 1140 g/mol. The van der Waals surface area contributed by atoms with Crippen LogP contribution in [0, 0.1) is 0 Å². The molecule has 5 aliphatic heterocycles. The van der Waals surface area contributed by atoms with E-state index in [1.807, 2.05) is 134 Å². The van der Waals surface area contributed by atoms with Crippen molar-refractivity contribution in [3.8, 4) is 23.0 Å². The van der Waals surface area contributed by atoms with Crippen LogP contribution < -0.4 is 18.9 Å². The fourth-order valence-electron chi connectivity index (χ4n) is 9.55. The molecule has 0 saturated heterocycles. The van der Waals surface area contributed by atoms with Gasteiger partial charge in [-0.05, 0) is 114 Å². The van der Waals surface area contributed by atoms with Crippen LogP contribution >= 0.6 is 0 Å². The smallest absolute Gasteiger partial charge is 0.150 e. The molecule has 0 aliphatic carbocycles. The molecule has 5 heterocycles. The van der Waals surface area contributed by atoms with Crippen LogP contribution in [0.15, 0.2) is 188 Å². The van der Waals surface area contributed by atoms with E-state index in [2.05, 4.69) is 6.92 Å². The Morgan fingerprint density at radius 3 is 1.04 bits per heavy atom. The van der Waals surface area contributed by atoms with Crippen molar-refractivity contribution in [2.45, 2.75) is 58.3 Å². The van der Waals surface area contributed by atoms with Gasteiger partial charge < -0.3 is 18.9 Å². The van der Waals surface area contributed by atoms with Crippen molar-refractivity contribution in [1.29, 1.82) is 0 Å². The molecule has 0 saturated carbocycles. The number of fused-ring (bicyclic) bond motifs is 4. The Morgan fingerprint density at radius 2 is 0.675 bits per heavy atom. The molecule has 4 aromatic carbocycles. The maximum atomic E-state index is 11.9. The largest absolute Gasteiger partial charge is 0.493 e. The van der Waals surface area contributed by atoms with Crippen molar-refractivity contribution in [1.82, 2.24) is 0 Å². The second kappa shape index (κ2) is 25.8. The van der Waals surface area contributed by atoms with Gasteiger partial charge in [0.25, 0.3) is 0 Å². The van der Waals surface area contributed by atoms with Gasteiger partial charge in [0.15, 0.2) is 29.5 Å². The summed E-state index contributed by atoms with van der Waals surface area (Å²) >= 11 is 0. The molecule has 0 atom stereocenters. The Bertz CT molecular complexity index is 3660. The molecule has 5 aliphatic rings. The highest BCUT2D eigenvalue weighted by molar-refractivity contribution is 7.91. The summed E-state index contributed by atoms with van der Waals surface area (Å²) in [5.74, 6) is 1.88. The van der Waals surface area contributed by atoms with Gasteiger partial charge in [-0.15, -0.1) is 0 Å². The van der Waals surface area contributed by atoms with Crippen LogP contribution in [0.2, 0.25) is 0 Å². The molecule has 14 nitrogen and oxygen atoms in total. The Balaban J connectivity index is 1.20. The van der Waals surface area contributed by atoms with Crippen LogP contribution in [0.25, 0.3) is 22.3 Å². The van der Waals surface area contributed by atoms with E-state index in [0.29, 0.717) is 80.8 Å². The molecular weight excluding hydrogens is 1070 g/mol. The standard InChI is InChI=1S/C63H66N4O10S3/c1-5-6-7-8-9-10-11-14-37-77-59-16-13-12-15-50(59)63-57-35-33-55(66-57)61(45-19-25-48(26-20-45)75-39-42-79(3,70)71)53-31-29-51(64-53)60(44-17-23-47(24-18-44)74-38-41-78(2,68)69)52-30-32-54(65-52)62(56-34-36-58(63)67-56)46-21-27-49(28-22-46)76-40-43-80(4,72)73/h12-13,15-36H,5-11,14,37-43H2,1-4H3. The molecule has 0 unspecified atom stereocenters. The Labute approximate surface area is 470 Å². The average Bonchev–Trinajstić information content (AvgIpc) is 4.30. The fourth-order valence-corrected chi connectivity index (χ4v) is 10.7. The minimum atomic E-state index is -3.24. The Kier molecular flexibility index (Phi) is 18.4. The minimum Gasteiger partial charge on any atom is -0.493 e. The van der Waals surface area contributed by atoms with Crippen LogP contribution in [0.5, 0.6) is 23.0 Å². The first kappa shape index (κ1) is 57.2. The van der Waals surface area contributed by atoms with E-state index in [1.54, 1.807) is 12.1 Å². The van der Waals surface area contributed by atoms with Crippen molar-refractivity contribution in [3.05, 3.63) is 191 Å². The van der Waals surface area contributed by atoms with Gasteiger partial charge in [-0.1, -0.05) is 106 Å². The maximum Gasteiger partial charge on any atom is 0.150 e. The lowest BCUT2D eigenvalue weighted by Crippen LogP contribution is -2.12. The number of para-hydroxylation sites is 1. The van der Waals surface area contributed by atoms with E-state index in [9.17, 15) is 25.3 Å². The van der Waals surface area contributed by atoms with E-state index < -0.39 is 29.5 Å². The Hall–Kier alpha value is -7.47. The first-order valence-electron chi connectivity index (χ1n) is 27.0. The summed E-state index contributed by atoms with van der Waals surface area (Å²) < 4.78 is 95.7. The van der Waals surface area contributed by atoms with Crippen LogP contribution in [-0.4, -0.2) is 111 Å². The molecule has 0 aromatic heterocycles. The minimum absolute atomic E-state index is 0.00284. The summed E-state index contributed by atoms with van der Waals surface area (Å²) in [5.41, 5.74) is 11.2. The van der Waals surface area contributed by atoms with Crippen LogP contribution in [0.3, 0.4) is 0 Å². The number of rotatable bonds is 26. The van der Waals surface area contributed by atoms with Gasteiger partial charge in [-0.3, -0.25) is 0 Å². The summed E-state index contributed by atoms with van der Waals surface area (Å²) in [6.45, 7) is 2.81. The van der Waals surface area contributed by atoms with Crippen molar-refractivity contribution in [2.75, 3.05) is 62.5 Å². The lowest BCUT2D eigenvalue weighted by Gasteiger charge is -2.16. The van der Waals surface area contributed by atoms with Crippen molar-refractivity contribution in [2.24, 2.45) is 20.0 Å². The van der Waals surface area contributed by atoms with E-state index in [1.165, 1.54) is 57.3 Å². The lowest BCUT2D eigenvalue weighted by molar-refractivity contribution is 0.303. The van der Waals surface area contributed by atoms with E-state index in [4.69, 9.17) is 38.9 Å². The summed E-state index contributed by atoms with van der Waals surface area (Å²) in [5, 5.41) is 0. The molecule has 8 bridgehead atoms. The fraction of sp³-hybridized carbons (Fsp3) is 0.302. The third-order valence-corrected chi connectivity index (χ3v) is 16.3. The highest BCUT2D eigenvalue weighted by atomic mass is 32.2. The zero-order valence-corrected chi connectivity index (χ0v) is 48.0. The molecule has 4 aromatic rings. The highest BCUT2D eigenvalue weighted by Gasteiger charge is 2.29. The van der Waals surface area contributed by atoms with Gasteiger partial charge in [0, 0.05) is 46.6 Å². The van der Waals surface area contributed by atoms with Gasteiger partial charge >= 0.3 is 0 Å². The third kappa shape index (κ3) is 15.2. The Morgan fingerprint density at radius 1 is 0.350 bits per heavy atom. The van der Waals surface area contributed by atoms with Crippen LogP contribution in [0.1, 0.15) is 80.5 Å². The van der Waals surface area contributed by atoms with Crippen LogP contribution in [0.4, 0.5) is 0 Å². The van der Waals surface area contributed by atoms with E-state index in [0.717, 1.165) is 51.8 Å². The first-order chi connectivity index (χ1) is 38.5. The molecule has 0 fully saturated rings. The number of nitrogens with zero attached hydrogens (tertiary/aromatic N) is 4. The quantitative estimate of drug-likeness (QED) is 0.0547. The number of ether oxygens (including phenoxy) is 4. The third-order valence-electron chi connectivity index (χ3n) is 13.6. The van der Waals surface area contributed by atoms with Gasteiger partial charge in [0.2, 0.25) is 0 Å². The van der Waals surface area contributed by atoms with Gasteiger partial charge in [0.1, 0.15) is 42.8 Å². The first-order valence-corrected chi connectivity index (χ1v) is 33.2. The molecule has 416 valence electrons. The SMILES string of the molecule is CCCCCCCCCCOc1ccccc1C1=C2C=CC(=N2)C(c2ccc(OCCS(C)(=O)=O)cc2)=C2C=CC(=N2)C(c2ccc(OCCS(C)(=O)=O)cc2)=C2C=CC(=N2)C(c2ccc(OCCS(C)(=O)=O)cc2)=C2C=CC1=N2. The predicted octanol–water partition coefficient (Wildman–Crippen LogP) is 11.5. The molecule has 9 rings (SSSR count). The van der Waals surface area contributed by atoms with Gasteiger partial charge in [0.05, 0.1) is 69.5 Å².